The van der Waals surface area contributed by atoms with Crippen LogP contribution in [0.3, 0.4) is 0 Å². The second kappa shape index (κ2) is 6.36. The minimum absolute atomic E-state index is 0.0637. The molecule has 6 heteroatoms. The summed E-state index contributed by atoms with van der Waals surface area (Å²) in [4.78, 5) is 13.7. The highest BCUT2D eigenvalue weighted by Gasteiger charge is 2.02. The Balaban J connectivity index is 2.63. The Morgan fingerprint density at radius 2 is 2.29 bits per heavy atom. The molecule has 0 spiro atoms. The van der Waals surface area contributed by atoms with Crippen molar-refractivity contribution < 1.29 is 4.74 Å². The number of hydrogen-bond donors (Lipinski definition) is 1. The van der Waals surface area contributed by atoms with Gasteiger partial charge in [-0.05, 0) is 21.0 Å². The van der Waals surface area contributed by atoms with E-state index in [-0.39, 0.29) is 11.6 Å². The van der Waals surface area contributed by atoms with Crippen LogP contribution in [0.2, 0.25) is 0 Å². The van der Waals surface area contributed by atoms with Crippen molar-refractivity contribution in [1.29, 1.82) is 0 Å². The monoisotopic (exact) mass is 240 g/mol. The SMILES string of the molecule is CC(N)COc1cnn(CCN(C)C)c(=O)c1. The fraction of sp³-hybridized carbons (Fsp3) is 0.636. The molecule has 1 unspecified atom stereocenters. The average Bonchev–Trinajstić information content (AvgIpc) is 2.24. The number of rotatable bonds is 6. The normalized spacial score (nSPS) is 12.8. The number of nitrogens with zero attached hydrogens (tertiary/aromatic N) is 3. The van der Waals surface area contributed by atoms with E-state index >= 15 is 0 Å². The van der Waals surface area contributed by atoms with Crippen molar-refractivity contribution in [2.45, 2.75) is 19.5 Å². The minimum Gasteiger partial charge on any atom is -0.490 e. The summed E-state index contributed by atoms with van der Waals surface area (Å²) in [6.45, 7) is 3.56. The zero-order chi connectivity index (χ0) is 12.8. The van der Waals surface area contributed by atoms with Gasteiger partial charge < -0.3 is 15.4 Å². The van der Waals surface area contributed by atoms with Crippen LogP contribution < -0.4 is 16.0 Å². The molecule has 17 heavy (non-hydrogen) atoms. The van der Waals surface area contributed by atoms with Crippen LogP contribution >= 0.6 is 0 Å². The molecular weight excluding hydrogens is 220 g/mol. The van der Waals surface area contributed by atoms with E-state index in [1.165, 1.54) is 10.7 Å². The summed E-state index contributed by atoms with van der Waals surface area (Å²) in [5.41, 5.74) is 5.40. The van der Waals surface area contributed by atoms with Crippen LogP contribution in [0.1, 0.15) is 6.92 Å². The van der Waals surface area contributed by atoms with E-state index in [1.807, 2.05) is 25.9 Å². The summed E-state index contributed by atoms with van der Waals surface area (Å²) in [5.74, 6) is 0.466. The minimum atomic E-state index is -0.158. The lowest BCUT2D eigenvalue weighted by Crippen LogP contribution is -2.29. The van der Waals surface area contributed by atoms with Gasteiger partial charge in [0, 0.05) is 18.7 Å². The van der Waals surface area contributed by atoms with Crippen molar-refractivity contribution in [2.75, 3.05) is 27.2 Å². The summed E-state index contributed by atoms with van der Waals surface area (Å²) < 4.78 is 6.73. The molecule has 1 heterocycles. The van der Waals surface area contributed by atoms with Gasteiger partial charge in [0.05, 0.1) is 12.7 Å². The average molecular weight is 240 g/mol. The van der Waals surface area contributed by atoms with Crippen molar-refractivity contribution in [3.63, 3.8) is 0 Å². The summed E-state index contributed by atoms with van der Waals surface area (Å²) in [5, 5.41) is 4.04. The van der Waals surface area contributed by atoms with Gasteiger partial charge in [-0.2, -0.15) is 5.10 Å². The van der Waals surface area contributed by atoms with Crippen LogP contribution in [0.4, 0.5) is 0 Å². The van der Waals surface area contributed by atoms with Crippen molar-refractivity contribution in [2.24, 2.45) is 5.73 Å². The summed E-state index contributed by atoms with van der Waals surface area (Å²) in [6, 6.07) is 1.37. The first-order valence-electron chi connectivity index (χ1n) is 5.59. The molecule has 0 aliphatic rings. The molecule has 0 bridgehead atoms. The van der Waals surface area contributed by atoms with Crippen LogP contribution in [-0.2, 0) is 6.54 Å². The highest BCUT2D eigenvalue weighted by molar-refractivity contribution is 5.13. The van der Waals surface area contributed by atoms with Gasteiger partial charge >= 0.3 is 0 Å². The Hall–Kier alpha value is -1.40. The molecule has 0 fully saturated rings. The van der Waals surface area contributed by atoms with Gasteiger partial charge in [0.2, 0.25) is 0 Å². The summed E-state index contributed by atoms with van der Waals surface area (Å²) in [6.07, 6.45) is 1.54. The number of aromatic nitrogens is 2. The van der Waals surface area contributed by atoms with Gasteiger partial charge in [-0.25, -0.2) is 4.68 Å². The Kier molecular flexibility index (Phi) is 5.11. The molecule has 0 saturated carbocycles. The van der Waals surface area contributed by atoms with E-state index in [9.17, 15) is 4.79 Å². The van der Waals surface area contributed by atoms with Gasteiger partial charge in [0.25, 0.3) is 5.56 Å². The molecule has 1 aromatic rings. The predicted octanol–water partition coefficient (Wildman–Crippen LogP) is -0.469. The maximum Gasteiger partial charge on any atom is 0.270 e. The van der Waals surface area contributed by atoms with Crippen molar-refractivity contribution >= 4 is 0 Å². The zero-order valence-corrected chi connectivity index (χ0v) is 10.6. The van der Waals surface area contributed by atoms with E-state index in [1.54, 1.807) is 6.20 Å². The third kappa shape index (κ3) is 4.97. The molecule has 1 rings (SSSR count). The highest BCUT2D eigenvalue weighted by atomic mass is 16.5. The zero-order valence-electron chi connectivity index (χ0n) is 10.6. The van der Waals surface area contributed by atoms with Crippen LogP contribution in [0.5, 0.6) is 5.75 Å². The van der Waals surface area contributed by atoms with Gasteiger partial charge in [-0.1, -0.05) is 0 Å². The van der Waals surface area contributed by atoms with Gasteiger partial charge in [0.15, 0.2) is 0 Å². The number of hydrogen-bond acceptors (Lipinski definition) is 5. The topological polar surface area (TPSA) is 73.4 Å². The number of likely N-dealkylation sites (N-methyl/N-ethyl adjacent to an activating group) is 1. The molecule has 6 nitrogen and oxygen atoms in total. The van der Waals surface area contributed by atoms with Crippen molar-refractivity contribution in [1.82, 2.24) is 14.7 Å². The number of nitrogens with two attached hydrogens (primary N) is 1. The quantitative estimate of drug-likeness (QED) is 0.728. The first kappa shape index (κ1) is 13.7. The smallest absolute Gasteiger partial charge is 0.270 e. The Bertz CT molecular complexity index is 401. The van der Waals surface area contributed by atoms with Crippen LogP contribution in [0.15, 0.2) is 17.1 Å². The number of ether oxygens (including phenoxy) is 1. The Labute approximate surface area is 101 Å². The van der Waals surface area contributed by atoms with Crippen molar-refractivity contribution in [3.05, 3.63) is 22.6 Å². The molecule has 1 atom stereocenters. The molecule has 1 aromatic heterocycles. The molecule has 2 N–H and O–H groups in total. The lowest BCUT2D eigenvalue weighted by molar-refractivity contribution is 0.291. The fourth-order valence-electron chi connectivity index (χ4n) is 1.19. The van der Waals surface area contributed by atoms with Crippen LogP contribution in [0, 0.1) is 0 Å². The second-order valence-corrected chi connectivity index (χ2v) is 4.34. The molecule has 0 saturated heterocycles. The van der Waals surface area contributed by atoms with E-state index in [4.69, 9.17) is 10.5 Å². The maximum absolute atomic E-state index is 11.7. The first-order valence-corrected chi connectivity index (χ1v) is 5.59. The predicted molar refractivity (Wildman–Crippen MR) is 66.2 cm³/mol. The molecule has 0 aromatic carbocycles. The van der Waals surface area contributed by atoms with E-state index in [0.29, 0.717) is 18.9 Å². The fourth-order valence-corrected chi connectivity index (χ4v) is 1.19. The standard InChI is InChI=1S/C11H20N4O2/c1-9(12)8-17-10-6-11(16)15(13-7-10)5-4-14(2)3/h6-7,9H,4-5,8,12H2,1-3H3. The van der Waals surface area contributed by atoms with Crippen molar-refractivity contribution in [3.8, 4) is 5.75 Å². The van der Waals surface area contributed by atoms with E-state index in [2.05, 4.69) is 5.10 Å². The molecule has 0 aliphatic carbocycles. The Morgan fingerprint density at radius 1 is 1.59 bits per heavy atom. The molecule has 0 radical (unpaired) electrons. The van der Waals surface area contributed by atoms with E-state index < -0.39 is 0 Å². The van der Waals surface area contributed by atoms with Gasteiger partial charge in [-0.3, -0.25) is 4.79 Å². The third-order valence-electron chi connectivity index (χ3n) is 2.12. The van der Waals surface area contributed by atoms with Gasteiger partial charge in [0.1, 0.15) is 12.4 Å². The van der Waals surface area contributed by atoms with Crippen LogP contribution in [-0.4, -0.2) is 48.0 Å². The Morgan fingerprint density at radius 3 is 2.82 bits per heavy atom. The molecule has 0 amide bonds. The summed E-state index contributed by atoms with van der Waals surface area (Å²) >= 11 is 0. The third-order valence-corrected chi connectivity index (χ3v) is 2.12. The highest BCUT2D eigenvalue weighted by Crippen LogP contribution is 2.03. The summed E-state index contributed by atoms with van der Waals surface area (Å²) in [7, 11) is 3.90. The molecular formula is C11H20N4O2. The lowest BCUT2D eigenvalue weighted by atomic mass is 10.4. The second-order valence-electron chi connectivity index (χ2n) is 4.34. The first-order chi connectivity index (χ1) is 7.99. The lowest BCUT2D eigenvalue weighted by Gasteiger charge is -2.11. The molecule has 96 valence electrons. The van der Waals surface area contributed by atoms with E-state index in [0.717, 1.165) is 6.54 Å². The maximum atomic E-state index is 11.7. The molecule has 0 aliphatic heterocycles. The van der Waals surface area contributed by atoms with Gasteiger partial charge in [-0.15, -0.1) is 0 Å². The van der Waals surface area contributed by atoms with Crippen LogP contribution in [0.25, 0.3) is 0 Å². The largest absolute Gasteiger partial charge is 0.490 e.